The Hall–Kier alpha value is 0.755. The van der Waals surface area contributed by atoms with Gasteiger partial charge in [0.1, 0.15) is 0 Å². The van der Waals surface area contributed by atoms with Gasteiger partial charge in [-0.25, -0.2) is 0 Å². The third-order valence-electron chi connectivity index (χ3n) is 1.65. The first-order chi connectivity index (χ1) is 9.27. The van der Waals surface area contributed by atoms with Crippen molar-refractivity contribution in [1.82, 2.24) is 0 Å². The molecule has 0 aliphatic rings. The van der Waals surface area contributed by atoms with Gasteiger partial charge in [-0.15, -0.1) is 0 Å². The Morgan fingerprint density at radius 1 is 0.500 bits per heavy atom. The van der Waals surface area contributed by atoms with E-state index < -0.39 is 48.9 Å². The molecule has 12 N–H and O–H groups in total. The molecule has 15 nitrogen and oxygen atoms in total. The molecule has 0 aliphatic carbocycles. The first kappa shape index (κ1) is 22.8. The summed E-state index contributed by atoms with van der Waals surface area (Å²) < 4.78 is 11.3. The Balaban J connectivity index is 5.55. The fourth-order valence-corrected chi connectivity index (χ4v) is 2.41. The summed E-state index contributed by atoms with van der Waals surface area (Å²) >= 11 is 0. The van der Waals surface area contributed by atoms with Crippen LogP contribution in [-0.2, 0) is 13.3 Å². The molecule has 0 unspecified atom stereocenters. The van der Waals surface area contributed by atoms with Crippen molar-refractivity contribution in [2.24, 2.45) is 0 Å². The summed E-state index contributed by atoms with van der Waals surface area (Å²) in [7, 11) is -22.7. The molecule has 0 aromatic rings. The minimum absolute atomic E-state index is 1.93. The number of hydrogen-bond acceptors (Lipinski definition) is 15. The van der Waals surface area contributed by atoms with Gasteiger partial charge in [-0.2, -0.15) is 0 Å². The van der Waals surface area contributed by atoms with Crippen molar-refractivity contribution in [2.45, 2.75) is 0 Å². The first-order valence-corrected chi connectivity index (χ1v) is 11.5. The summed E-state index contributed by atoms with van der Waals surface area (Å²) in [5, 5.41) is 25.7. The SMILES string of the molecule is OCP(O)(O)(O)OB(OP(O)(O)(O)CO)OP(O)(O)(O)CO. The monoisotopic (exact) mass is 398 g/mol. The van der Waals surface area contributed by atoms with Crippen LogP contribution in [0.1, 0.15) is 0 Å². The van der Waals surface area contributed by atoms with Crippen LogP contribution in [0.25, 0.3) is 0 Å². The molecule has 138 valence electrons. The van der Waals surface area contributed by atoms with E-state index >= 15 is 0 Å². The zero-order valence-electron chi connectivity index (χ0n) is 10.6. The fourth-order valence-electron chi connectivity index (χ4n) is 0.687. The van der Waals surface area contributed by atoms with Crippen LogP contribution < -0.4 is 0 Å². The molecule has 0 fully saturated rings. The predicted molar refractivity (Wildman–Crippen MR) is 71.0 cm³/mol. The van der Waals surface area contributed by atoms with E-state index in [4.69, 9.17) is 59.4 Å². The normalized spacial score (nSPS) is 19.4. The molecular formula is C3H18BO15P3. The van der Waals surface area contributed by atoms with E-state index in [9.17, 15) is 0 Å². The van der Waals surface area contributed by atoms with Gasteiger partial charge < -0.3 is 0 Å². The van der Waals surface area contributed by atoms with E-state index in [1.54, 1.807) is 0 Å². The van der Waals surface area contributed by atoms with E-state index in [1.165, 1.54) is 0 Å². The van der Waals surface area contributed by atoms with Crippen molar-refractivity contribution in [3.05, 3.63) is 0 Å². The van der Waals surface area contributed by atoms with E-state index in [0.717, 1.165) is 0 Å². The van der Waals surface area contributed by atoms with Gasteiger partial charge in [0.15, 0.2) is 0 Å². The van der Waals surface area contributed by atoms with E-state index in [0.29, 0.717) is 0 Å². The van der Waals surface area contributed by atoms with Gasteiger partial charge >= 0.3 is 122 Å². The number of hydrogen-bond donors (Lipinski definition) is 12. The van der Waals surface area contributed by atoms with Crippen molar-refractivity contribution in [2.75, 3.05) is 19.0 Å². The third kappa shape index (κ3) is 8.56. The molecular weight excluding hydrogens is 380 g/mol. The molecule has 0 spiro atoms. The van der Waals surface area contributed by atoms with E-state index in [-0.39, 0.29) is 0 Å². The van der Waals surface area contributed by atoms with Crippen LogP contribution in [0.4, 0.5) is 0 Å². The zero-order valence-corrected chi connectivity index (χ0v) is 13.3. The topological polar surface area (TPSA) is 270 Å². The van der Waals surface area contributed by atoms with Gasteiger partial charge in [-0.1, -0.05) is 0 Å². The van der Waals surface area contributed by atoms with Crippen molar-refractivity contribution in [3.63, 3.8) is 0 Å². The average Bonchev–Trinajstić information content (AvgIpc) is 2.25. The molecule has 0 heterocycles. The number of aliphatic hydroxyl groups is 3. The Bertz CT molecular complexity index is 338. The molecule has 0 aromatic carbocycles. The summed E-state index contributed by atoms with van der Waals surface area (Å²) in [6, 6.07) is 0. The van der Waals surface area contributed by atoms with Crippen LogP contribution in [0, 0.1) is 0 Å². The van der Waals surface area contributed by atoms with Crippen molar-refractivity contribution >= 4 is 29.9 Å². The molecule has 0 aromatic heterocycles. The summed E-state index contributed by atoms with van der Waals surface area (Å²) in [6.45, 7) is 0. The Labute approximate surface area is 122 Å². The van der Waals surface area contributed by atoms with Gasteiger partial charge in [0.2, 0.25) is 0 Å². The van der Waals surface area contributed by atoms with Crippen LogP contribution in [0.2, 0.25) is 0 Å². The Morgan fingerprint density at radius 2 is 0.682 bits per heavy atom. The molecule has 22 heavy (non-hydrogen) atoms. The summed E-state index contributed by atoms with van der Waals surface area (Å²) in [4.78, 5) is 81.8. The van der Waals surface area contributed by atoms with Gasteiger partial charge in [0.05, 0.1) is 0 Å². The van der Waals surface area contributed by atoms with Gasteiger partial charge in [0, 0.05) is 0 Å². The Morgan fingerprint density at radius 3 is 0.818 bits per heavy atom. The van der Waals surface area contributed by atoms with E-state index in [1.807, 2.05) is 0 Å². The zero-order chi connectivity index (χ0) is 18.2. The first-order valence-electron chi connectivity index (χ1n) is 4.95. The molecule has 0 rings (SSSR count). The van der Waals surface area contributed by atoms with Crippen molar-refractivity contribution in [3.8, 4) is 0 Å². The predicted octanol–water partition coefficient (Wildman–Crippen LogP) is -4.56. The quantitative estimate of drug-likeness (QED) is 0.129. The molecule has 0 amide bonds. The van der Waals surface area contributed by atoms with Crippen molar-refractivity contribution in [1.29, 1.82) is 0 Å². The molecule has 0 radical (unpaired) electrons. The standard InChI is InChI=1S/C3H18BO15P3/c5-1-20(8,9,10)17-4(18-21(11,12,13)2-6)19-22(14,15,16)3-7/h5-16H,1-3H2. The molecule has 0 saturated carbocycles. The maximum absolute atomic E-state index is 9.09. The summed E-state index contributed by atoms with van der Waals surface area (Å²) in [6.07, 6.45) is -5.78. The molecule has 0 saturated heterocycles. The Kier molecular flexibility index (Phi) is 6.13. The van der Waals surface area contributed by atoms with Crippen LogP contribution in [0.5, 0.6) is 0 Å². The van der Waals surface area contributed by atoms with Crippen LogP contribution in [0.15, 0.2) is 0 Å². The number of aliphatic hydroxyl groups excluding tert-OH is 3. The third-order valence-corrected chi connectivity index (χ3v) is 4.95. The van der Waals surface area contributed by atoms with E-state index in [2.05, 4.69) is 13.3 Å². The second-order valence-electron chi connectivity index (χ2n) is 4.23. The molecule has 19 heteroatoms. The second kappa shape index (κ2) is 5.93. The molecule has 0 bridgehead atoms. The minimum atomic E-state index is -6.49. The average molecular weight is 398 g/mol. The summed E-state index contributed by atoms with van der Waals surface area (Å²) in [5.74, 6) is 0. The van der Waals surface area contributed by atoms with Gasteiger partial charge in [0.25, 0.3) is 0 Å². The van der Waals surface area contributed by atoms with Crippen LogP contribution >= 0.6 is 22.5 Å². The van der Waals surface area contributed by atoms with Crippen LogP contribution in [0.3, 0.4) is 0 Å². The molecule has 0 aliphatic heterocycles. The van der Waals surface area contributed by atoms with Crippen LogP contribution in [-0.4, -0.2) is 85.7 Å². The van der Waals surface area contributed by atoms with Gasteiger partial charge in [-0.05, 0) is 0 Å². The molecule has 0 atom stereocenters. The number of rotatable bonds is 9. The van der Waals surface area contributed by atoms with Gasteiger partial charge in [-0.3, -0.25) is 0 Å². The van der Waals surface area contributed by atoms with Crippen molar-refractivity contribution < 1.29 is 72.7 Å². The maximum atomic E-state index is 9.09. The summed E-state index contributed by atoms with van der Waals surface area (Å²) in [5.41, 5.74) is 0. The fraction of sp³-hybridized carbons (Fsp3) is 1.00. The second-order valence-corrected chi connectivity index (χ2v) is 12.1.